The Morgan fingerprint density at radius 1 is 0.903 bits per heavy atom. The number of carbonyl (C=O) groups excluding carboxylic acids is 3. The van der Waals surface area contributed by atoms with Gasteiger partial charge in [-0.1, -0.05) is 24.3 Å². The number of carbonyl (C=O) groups is 3. The van der Waals surface area contributed by atoms with Gasteiger partial charge in [-0.15, -0.1) is 6.58 Å². The van der Waals surface area contributed by atoms with Crippen molar-refractivity contribution in [2.75, 3.05) is 20.3 Å². The number of nitrogens with one attached hydrogen (secondary N) is 2. The van der Waals surface area contributed by atoms with Crippen LogP contribution in [0.5, 0.6) is 17.2 Å². The van der Waals surface area contributed by atoms with Gasteiger partial charge in [0.1, 0.15) is 24.5 Å². The van der Waals surface area contributed by atoms with Crippen molar-refractivity contribution in [3.05, 3.63) is 71.8 Å². The highest BCUT2D eigenvalue weighted by Gasteiger charge is 2.27. The zero-order chi connectivity index (χ0) is 22.2. The van der Waals surface area contributed by atoms with Crippen molar-refractivity contribution in [1.82, 2.24) is 10.6 Å². The zero-order valence-electron chi connectivity index (χ0n) is 17.0. The minimum Gasteiger partial charge on any atom is -0.493 e. The lowest BCUT2D eigenvalue weighted by Crippen LogP contribution is -2.51. The summed E-state index contributed by atoms with van der Waals surface area (Å²) in [6.07, 6.45) is 3.97. The van der Waals surface area contributed by atoms with Crippen molar-refractivity contribution in [1.29, 1.82) is 0 Å². The number of imide groups is 2. The van der Waals surface area contributed by atoms with Crippen LogP contribution in [-0.2, 0) is 16.0 Å². The molecule has 160 valence electrons. The van der Waals surface area contributed by atoms with Crippen LogP contribution in [0.15, 0.2) is 60.7 Å². The minimum absolute atomic E-state index is 0.144. The lowest BCUT2D eigenvalue weighted by atomic mass is 10.1. The Balaban J connectivity index is 1.53. The Labute approximate surface area is 179 Å². The molecule has 0 spiro atoms. The second-order valence-corrected chi connectivity index (χ2v) is 6.54. The molecular weight excluding hydrogens is 400 g/mol. The van der Waals surface area contributed by atoms with Gasteiger partial charge in [-0.3, -0.25) is 20.2 Å². The molecule has 0 saturated carbocycles. The van der Waals surface area contributed by atoms with Gasteiger partial charge in [0, 0.05) is 0 Å². The van der Waals surface area contributed by atoms with Crippen LogP contribution in [0.25, 0.3) is 6.08 Å². The van der Waals surface area contributed by atoms with Gasteiger partial charge < -0.3 is 14.2 Å². The number of allylic oxidation sites excluding steroid dienone is 1. The molecule has 1 saturated heterocycles. The molecule has 1 heterocycles. The topological polar surface area (TPSA) is 103 Å². The number of rotatable bonds is 9. The van der Waals surface area contributed by atoms with E-state index in [-0.39, 0.29) is 5.57 Å². The van der Waals surface area contributed by atoms with E-state index in [0.29, 0.717) is 36.0 Å². The molecule has 0 radical (unpaired) electrons. The summed E-state index contributed by atoms with van der Waals surface area (Å²) < 4.78 is 16.8. The average Bonchev–Trinajstić information content (AvgIpc) is 2.75. The maximum Gasteiger partial charge on any atom is 0.328 e. The molecule has 1 aliphatic rings. The molecule has 2 aromatic rings. The molecule has 4 amide bonds. The number of hydrogen-bond donors (Lipinski definition) is 2. The van der Waals surface area contributed by atoms with Crippen molar-refractivity contribution in [3.8, 4) is 17.2 Å². The molecule has 2 aromatic carbocycles. The summed E-state index contributed by atoms with van der Waals surface area (Å²) >= 11 is 0. The molecule has 8 nitrogen and oxygen atoms in total. The van der Waals surface area contributed by atoms with Crippen LogP contribution in [0.1, 0.15) is 11.1 Å². The summed E-state index contributed by atoms with van der Waals surface area (Å²) in [6.45, 7) is 4.36. The Hall–Kier alpha value is -4.07. The Bertz CT molecular complexity index is 1000. The largest absolute Gasteiger partial charge is 0.493 e. The Morgan fingerprint density at radius 3 is 2.23 bits per heavy atom. The Morgan fingerprint density at radius 2 is 1.58 bits per heavy atom. The standard InChI is InChI=1S/C23H22N2O6/c1-3-4-15-7-10-19(20(14-15)29-2)31-12-11-30-17-8-5-16(6-9-17)13-18-21(26)24-23(28)25-22(18)27/h3,5-10,13-14H,1,4,11-12H2,2H3,(H2,24,25,26,27,28). The molecule has 1 fully saturated rings. The maximum atomic E-state index is 11.8. The third kappa shape index (κ3) is 5.72. The smallest absolute Gasteiger partial charge is 0.328 e. The number of barbiturate groups is 1. The summed E-state index contributed by atoms with van der Waals surface area (Å²) in [7, 11) is 1.59. The molecule has 0 aromatic heterocycles. The lowest BCUT2D eigenvalue weighted by Gasteiger charge is -2.14. The minimum atomic E-state index is -0.830. The first-order valence-corrected chi connectivity index (χ1v) is 9.52. The molecule has 2 N–H and O–H groups in total. The molecule has 0 aliphatic carbocycles. The van der Waals surface area contributed by atoms with E-state index in [9.17, 15) is 14.4 Å². The molecule has 3 rings (SSSR count). The molecular formula is C23H22N2O6. The summed E-state index contributed by atoms with van der Waals surface area (Å²) in [6, 6.07) is 11.7. The number of ether oxygens (including phenoxy) is 3. The van der Waals surface area contributed by atoms with Crippen molar-refractivity contribution in [2.24, 2.45) is 0 Å². The predicted octanol–water partition coefficient (Wildman–Crippen LogP) is 2.63. The Kier molecular flexibility index (Phi) is 7.05. The summed E-state index contributed by atoms with van der Waals surface area (Å²) in [5, 5.41) is 4.05. The number of hydrogen-bond acceptors (Lipinski definition) is 6. The number of benzene rings is 2. The van der Waals surface area contributed by atoms with Gasteiger partial charge in [-0.05, 0) is 47.9 Å². The first kappa shape index (κ1) is 21.6. The van der Waals surface area contributed by atoms with Gasteiger partial charge >= 0.3 is 6.03 Å². The second-order valence-electron chi connectivity index (χ2n) is 6.54. The van der Waals surface area contributed by atoms with E-state index in [1.54, 1.807) is 31.4 Å². The second kappa shape index (κ2) is 10.1. The first-order valence-electron chi connectivity index (χ1n) is 9.52. The van der Waals surface area contributed by atoms with Gasteiger partial charge in [0.05, 0.1) is 7.11 Å². The molecule has 8 heteroatoms. The van der Waals surface area contributed by atoms with Crippen LogP contribution in [0.4, 0.5) is 4.79 Å². The van der Waals surface area contributed by atoms with Crippen LogP contribution in [0.3, 0.4) is 0 Å². The van der Waals surface area contributed by atoms with Crippen LogP contribution in [0, 0.1) is 0 Å². The fourth-order valence-electron chi connectivity index (χ4n) is 2.87. The predicted molar refractivity (Wildman–Crippen MR) is 114 cm³/mol. The van der Waals surface area contributed by atoms with Gasteiger partial charge in [0.25, 0.3) is 11.8 Å². The quantitative estimate of drug-likeness (QED) is 0.279. The normalized spacial score (nSPS) is 13.2. The van der Waals surface area contributed by atoms with Crippen LogP contribution >= 0.6 is 0 Å². The SMILES string of the molecule is C=CCc1ccc(OCCOc2ccc(C=C3C(=O)NC(=O)NC3=O)cc2)c(OC)c1. The maximum absolute atomic E-state index is 11.8. The summed E-state index contributed by atoms with van der Waals surface area (Å²) in [5.74, 6) is 0.405. The van der Waals surface area contributed by atoms with Gasteiger partial charge in [0.15, 0.2) is 11.5 Å². The van der Waals surface area contributed by atoms with Gasteiger partial charge in [0.2, 0.25) is 0 Å². The molecule has 1 aliphatic heterocycles. The van der Waals surface area contributed by atoms with E-state index in [1.165, 1.54) is 6.08 Å². The molecule has 0 atom stereocenters. The van der Waals surface area contributed by atoms with Gasteiger partial charge in [-0.2, -0.15) is 0 Å². The highest BCUT2D eigenvalue weighted by Crippen LogP contribution is 2.28. The summed E-state index contributed by atoms with van der Waals surface area (Å²) in [4.78, 5) is 34.6. The zero-order valence-corrected chi connectivity index (χ0v) is 17.0. The summed E-state index contributed by atoms with van der Waals surface area (Å²) in [5.41, 5.74) is 1.55. The van der Waals surface area contributed by atoms with E-state index in [2.05, 4.69) is 6.58 Å². The molecule has 0 bridgehead atoms. The highest BCUT2D eigenvalue weighted by molar-refractivity contribution is 6.31. The first-order chi connectivity index (χ1) is 15.0. The fraction of sp³-hybridized carbons (Fsp3) is 0.174. The van der Waals surface area contributed by atoms with E-state index in [1.807, 2.05) is 34.9 Å². The van der Waals surface area contributed by atoms with Gasteiger partial charge in [-0.25, -0.2) is 4.79 Å². The number of methoxy groups -OCH3 is 1. The lowest BCUT2D eigenvalue weighted by molar-refractivity contribution is -0.123. The number of amides is 4. The van der Waals surface area contributed by atoms with Crippen LogP contribution in [0.2, 0.25) is 0 Å². The van der Waals surface area contributed by atoms with E-state index >= 15 is 0 Å². The van der Waals surface area contributed by atoms with E-state index in [4.69, 9.17) is 14.2 Å². The van der Waals surface area contributed by atoms with E-state index < -0.39 is 17.8 Å². The van der Waals surface area contributed by atoms with Crippen molar-refractivity contribution in [3.63, 3.8) is 0 Å². The molecule has 31 heavy (non-hydrogen) atoms. The van der Waals surface area contributed by atoms with Crippen LogP contribution in [-0.4, -0.2) is 38.2 Å². The van der Waals surface area contributed by atoms with E-state index in [0.717, 1.165) is 12.0 Å². The average molecular weight is 422 g/mol. The van der Waals surface area contributed by atoms with Crippen molar-refractivity contribution in [2.45, 2.75) is 6.42 Å². The monoisotopic (exact) mass is 422 g/mol. The van der Waals surface area contributed by atoms with Crippen molar-refractivity contribution < 1.29 is 28.6 Å². The third-order valence-corrected chi connectivity index (χ3v) is 4.35. The highest BCUT2D eigenvalue weighted by atomic mass is 16.5. The number of urea groups is 1. The van der Waals surface area contributed by atoms with Crippen LogP contribution < -0.4 is 24.8 Å². The van der Waals surface area contributed by atoms with Crippen molar-refractivity contribution >= 4 is 23.9 Å². The molecule has 0 unspecified atom stereocenters. The fourth-order valence-corrected chi connectivity index (χ4v) is 2.87. The third-order valence-electron chi connectivity index (χ3n) is 4.35.